The van der Waals surface area contributed by atoms with E-state index in [-0.39, 0.29) is 0 Å². The minimum Gasteiger partial charge on any atom is -0.313 e. The molecule has 0 amide bonds. The van der Waals surface area contributed by atoms with E-state index in [4.69, 9.17) is 0 Å². The van der Waals surface area contributed by atoms with Gasteiger partial charge in [0.15, 0.2) is 0 Å². The van der Waals surface area contributed by atoms with Crippen molar-refractivity contribution in [2.75, 3.05) is 7.05 Å². The Bertz CT molecular complexity index is 502. The molecule has 2 aromatic rings. The van der Waals surface area contributed by atoms with Crippen LogP contribution in [0.3, 0.4) is 0 Å². The molecule has 1 heterocycles. The Balaban J connectivity index is 2.03. The Labute approximate surface area is 100 Å². The van der Waals surface area contributed by atoms with Crippen molar-refractivity contribution in [2.45, 2.75) is 19.4 Å². The quantitative estimate of drug-likeness (QED) is 0.847. The van der Waals surface area contributed by atoms with Gasteiger partial charge in [0.05, 0.1) is 0 Å². The van der Waals surface area contributed by atoms with Crippen LogP contribution >= 0.6 is 11.3 Å². The first kappa shape index (κ1) is 10.3. The van der Waals surface area contributed by atoms with Crippen molar-refractivity contribution in [3.05, 3.63) is 35.2 Å². The minimum absolute atomic E-state index is 0.547. The van der Waals surface area contributed by atoms with E-state index >= 15 is 0 Å². The molecular formula is C14H17NS. The summed E-state index contributed by atoms with van der Waals surface area (Å²) in [5, 5.41) is 7.26. The SMILES string of the molecule is CN[C@H](c1csc2ccccc12)[C@H]1C[C@H]1C. The summed E-state index contributed by atoms with van der Waals surface area (Å²) in [6.07, 6.45) is 1.37. The first-order valence-corrected chi connectivity index (χ1v) is 6.82. The van der Waals surface area contributed by atoms with Crippen molar-refractivity contribution < 1.29 is 0 Å². The molecule has 3 rings (SSSR count). The number of fused-ring (bicyclic) bond motifs is 1. The molecule has 0 saturated heterocycles. The molecular weight excluding hydrogens is 214 g/mol. The second-order valence-electron chi connectivity index (χ2n) is 4.83. The predicted molar refractivity (Wildman–Crippen MR) is 70.9 cm³/mol. The van der Waals surface area contributed by atoms with Crippen LogP contribution in [-0.4, -0.2) is 7.05 Å². The van der Waals surface area contributed by atoms with Gasteiger partial charge in [-0.3, -0.25) is 0 Å². The second-order valence-corrected chi connectivity index (χ2v) is 5.74. The molecule has 1 aromatic carbocycles. The van der Waals surface area contributed by atoms with Gasteiger partial charge in [-0.15, -0.1) is 11.3 Å². The van der Waals surface area contributed by atoms with Gasteiger partial charge in [0, 0.05) is 10.7 Å². The molecule has 0 bridgehead atoms. The van der Waals surface area contributed by atoms with Crippen LogP contribution in [0.5, 0.6) is 0 Å². The fourth-order valence-corrected chi connectivity index (χ4v) is 3.65. The van der Waals surface area contributed by atoms with E-state index in [1.54, 1.807) is 0 Å². The van der Waals surface area contributed by atoms with Crippen LogP contribution in [0.15, 0.2) is 29.6 Å². The van der Waals surface area contributed by atoms with Crippen molar-refractivity contribution in [2.24, 2.45) is 11.8 Å². The van der Waals surface area contributed by atoms with Gasteiger partial charge in [-0.1, -0.05) is 25.1 Å². The Morgan fingerprint density at radius 3 is 2.81 bits per heavy atom. The molecule has 0 radical (unpaired) electrons. The minimum atomic E-state index is 0.547. The van der Waals surface area contributed by atoms with Gasteiger partial charge in [0.1, 0.15) is 0 Å². The molecule has 1 N–H and O–H groups in total. The Hall–Kier alpha value is -0.860. The van der Waals surface area contributed by atoms with Gasteiger partial charge >= 0.3 is 0 Å². The molecule has 1 saturated carbocycles. The summed E-state index contributed by atoms with van der Waals surface area (Å²) in [6, 6.07) is 9.27. The summed E-state index contributed by atoms with van der Waals surface area (Å²) >= 11 is 1.86. The highest BCUT2D eigenvalue weighted by molar-refractivity contribution is 7.17. The normalized spacial score (nSPS) is 25.9. The zero-order valence-electron chi connectivity index (χ0n) is 9.73. The molecule has 3 atom stereocenters. The maximum atomic E-state index is 3.50. The van der Waals surface area contributed by atoms with E-state index in [9.17, 15) is 0 Å². The molecule has 1 aliphatic carbocycles. The smallest absolute Gasteiger partial charge is 0.0363 e. The number of benzene rings is 1. The van der Waals surface area contributed by atoms with Gasteiger partial charge in [-0.2, -0.15) is 0 Å². The maximum absolute atomic E-state index is 3.50. The van der Waals surface area contributed by atoms with Crippen molar-refractivity contribution >= 4 is 21.4 Å². The molecule has 1 aliphatic rings. The van der Waals surface area contributed by atoms with E-state index in [0.717, 1.165) is 11.8 Å². The molecule has 1 nitrogen and oxygen atoms in total. The van der Waals surface area contributed by atoms with Crippen LogP contribution in [0, 0.1) is 11.8 Å². The molecule has 1 fully saturated rings. The summed E-state index contributed by atoms with van der Waals surface area (Å²) < 4.78 is 1.41. The van der Waals surface area contributed by atoms with Gasteiger partial charge < -0.3 is 5.32 Å². The number of thiophene rings is 1. The second kappa shape index (κ2) is 3.86. The molecule has 0 aliphatic heterocycles. The van der Waals surface area contributed by atoms with Crippen LogP contribution in [0.1, 0.15) is 24.9 Å². The monoisotopic (exact) mass is 231 g/mol. The molecule has 2 heteroatoms. The lowest BCUT2D eigenvalue weighted by Crippen LogP contribution is -2.18. The highest BCUT2D eigenvalue weighted by Gasteiger charge is 2.40. The lowest BCUT2D eigenvalue weighted by atomic mass is 10.0. The average Bonchev–Trinajstić information content (AvgIpc) is 2.88. The van der Waals surface area contributed by atoms with E-state index in [2.05, 4.69) is 48.9 Å². The lowest BCUT2D eigenvalue weighted by molar-refractivity contribution is 0.508. The number of rotatable bonds is 3. The Kier molecular flexibility index (Phi) is 2.49. The number of hydrogen-bond acceptors (Lipinski definition) is 2. The highest BCUT2D eigenvalue weighted by Crippen LogP contribution is 2.48. The van der Waals surface area contributed by atoms with Crippen molar-refractivity contribution in [3.8, 4) is 0 Å². The van der Waals surface area contributed by atoms with Crippen molar-refractivity contribution in [1.29, 1.82) is 0 Å². The zero-order chi connectivity index (χ0) is 11.1. The van der Waals surface area contributed by atoms with Crippen LogP contribution in [0.4, 0.5) is 0 Å². The summed E-state index contributed by atoms with van der Waals surface area (Å²) in [5.41, 5.74) is 1.50. The van der Waals surface area contributed by atoms with Gasteiger partial charge in [-0.05, 0) is 47.7 Å². The Morgan fingerprint density at radius 2 is 2.12 bits per heavy atom. The number of hydrogen-bond donors (Lipinski definition) is 1. The molecule has 1 aromatic heterocycles. The standard InChI is InChI=1S/C14H17NS/c1-9-7-11(9)14(15-2)12-8-16-13-6-4-3-5-10(12)13/h3-6,8-9,11,14-15H,7H2,1-2H3/t9-,11+,14+/m1/s1. The van der Waals surface area contributed by atoms with Crippen LogP contribution in [0.25, 0.3) is 10.1 Å². The summed E-state index contributed by atoms with van der Waals surface area (Å²) in [7, 11) is 2.09. The largest absolute Gasteiger partial charge is 0.313 e. The number of nitrogens with one attached hydrogen (secondary N) is 1. The zero-order valence-corrected chi connectivity index (χ0v) is 10.6. The van der Waals surface area contributed by atoms with Gasteiger partial charge in [0.2, 0.25) is 0 Å². The summed E-state index contributed by atoms with van der Waals surface area (Å²) in [4.78, 5) is 0. The van der Waals surface area contributed by atoms with Crippen LogP contribution in [0.2, 0.25) is 0 Å². The first-order valence-electron chi connectivity index (χ1n) is 5.94. The third-order valence-electron chi connectivity index (χ3n) is 3.76. The summed E-state index contributed by atoms with van der Waals surface area (Å²) in [5.74, 6) is 1.72. The summed E-state index contributed by atoms with van der Waals surface area (Å²) in [6.45, 7) is 2.35. The first-order chi connectivity index (χ1) is 7.81. The molecule has 0 unspecified atom stereocenters. The fraction of sp³-hybridized carbons (Fsp3) is 0.429. The lowest BCUT2D eigenvalue weighted by Gasteiger charge is -2.15. The predicted octanol–water partition coefficient (Wildman–Crippen LogP) is 3.82. The van der Waals surface area contributed by atoms with Crippen molar-refractivity contribution in [1.82, 2.24) is 5.32 Å². The van der Waals surface area contributed by atoms with E-state index < -0.39 is 0 Å². The van der Waals surface area contributed by atoms with Gasteiger partial charge in [0.25, 0.3) is 0 Å². The van der Waals surface area contributed by atoms with Crippen LogP contribution in [-0.2, 0) is 0 Å². The third-order valence-corrected chi connectivity index (χ3v) is 4.74. The average molecular weight is 231 g/mol. The Morgan fingerprint density at radius 1 is 1.38 bits per heavy atom. The van der Waals surface area contributed by atoms with Crippen molar-refractivity contribution in [3.63, 3.8) is 0 Å². The van der Waals surface area contributed by atoms with Gasteiger partial charge in [-0.25, -0.2) is 0 Å². The fourth-order valence-electron chi connectivity index (χ4n) is 2.65. The molecule has 16 heavy (non-hydrogen) atoms. The third kappa shape index (κ3) is 1.57. The molecule has 0 spiro atoms. The maximum Gasteiger partial charge on any atom is 0.0363 e. The van der Waals surface area contributed by atoms with E-state index in [1.165, 1.54) is 22.1 Å². The molecule has 84 valence electrons. The van der Waals surface area contributed by atoms with Crippen LogP contribution < -0.4 is 5.32 Å². The highest BCUT2D eigenvalue weighted by atomic mass is 32.1. The van der Waals surface area contributed by atoms with E-state index in [1.807, 2.05) is 11.3 Å². The topological polar surface area (TPSA) is 12.0 Å². The van der Waals surface area contributed by atoms with E-state index in [0.29, 0.717) is 6.04 Å².